The van der Waals surface area contributed by atoms with E-state index in [2.05, 4.69) is 0 Å². The van der Waals surface area contributed by atoms with Crippen LogP contribution in [0.25, 0.3) is 0 Å². The lowest BCUT2D eigenvalue weighted by molar-refractivity contribution is 0.0996. The average Bonchev–Trinajstić information content (AvgIpc) is 2.64. The van der Waals surface area contributed by atoms with Crippen molar-refractivity contribution in [2.24, 2.45) is 0 Å². The molecule has 0 aliphatic rings. The fourth-order valence-corrected chi connectivity index (χ4v) is 2.93. The van der Waals surface area contributed by atoms with Gasteiger partial charge in [0.1, 0.15) is 5.82 Å². The van der Waals surface area contributed by atoms with Gasteiger partial charge in [-0.15, -0.1) is 11.3 Å². The van der Waals surface area contributed by atoms with Crippen LogP contribution in [0, 0.1) is 12.7 Å². The van der Waals surface area contributed by atoms with Crippen LogP contribution in [-0.4, -0.2) is 5.78 Å². The van der Waals surface area contributed by atoms with Crippen LogP contribution < -0.4 is 0 Å². The van der Waals surface area contributed by atoms with Crippen LogP contribution in [0.3, 0.4) is 0 Å². The maximum Gasteiger partial charge on any atom is 0.178 e. The average molecular weight is 303 g/mol. The zero-order chi connectivity index (χ0) is 13.3. The lowest BCUT2D eigenvalue weighted by atomic mass is 10.1. The van der Waals surface area contributed by atoms with Crippen LogP contribution in [0.15, 0.2) is 23.6 Å². The molecule has 2 rings (SSSR count). The highest BCUT2D eigenvalue weighted by atomic mass is 35.5. The molecule has 1 heterocycles. The summed E-state index contributed by atoms with van der Waals surface area (Å²) in [5.41, 5.74) is 1.19. The lowest BCUT2D eigenvalue weighted by Crippen LogP contribution is -2.04. The van der Waals surface area contributed by atoms with E-state index < -0.39 is 5.82 Å². The van der Waals surface area contributed by atoms with Gasteiger partial charge in [0.05, 0.1) is 9.90 Å². The molecule has 1 nitrogen and oxygen atoms in total. The van der Waals surface area contributed by atoms with Gasteiger partial charge < -0.3 is 0 Å². The van der Waals surface area contributed by atoms with E-state index >= 15 is 0 Å². The zero-order valence-corrected chi connectivity index (χ0v) is 11.8. The third-order valence-corrected chi connectivity index (χ3v) is 4.49. The minimum Gasteiger partial charge on any atom is -0.293 e. The number of thiophene rings is 1. The van der Waals surface area contributed by atoms with Crippen LogP contribution in [-0.2, 0) is 6.42 Å². The molecule has 0 bridgehead atoms. The molecule has 0 saturated heterocycles. The standard InChI is InChI=1S/C13H9Cl2FOS/c1-7-6-18-13(12(7)15)11(17)4-8-2-3-9(14)5-10(8)16/h2-3,5-6H,4H2,1H3. The van der Waals surface area contributed by atoms with Gasteiger partial charge in [0.15, 0.2) is 5.78 Å². The fraction of sp³-hybridized carbons (Fsp3) is 0.154. The van der Waals surface area contributed by atoms with Crippen LogP contribution >= 0.6 is 34.5 Å². The molecule has 0 radical (unpaired) electrons. The van der Waals surface area contributed by atoms with Gasteiger partial charge in [-0.25, -0.2) is 4.39 Å². The molecule has 0 N–H and O–H groups in total. The Labute approximate surface area is 118 Å². The number of carbonyl (C=O) groups is 1. The van der Waals surface area contributed by atoms with E-state index in [1.165, 1.54) is 23.5 Å². The van der Waals surface area contributed by atoms with E-state index in [9.17, 15) is 9.18 Å². The molecule has 5 heteroatoms. The summed E-state index contributed by atoms with van der Waals surface area (Å²) in [6.45, 7) is 1.83. The monoisotopic (exact) mass is 302 g/mol. The molecule has 1 aromatic carbocycles. The van der Waals surface area contributed by atoms with Gasteiger partial charge in [-0.2, -0.15) is 0 Å². The van der Waals surface area contributed by atoms with Crippen molar-refractivity contribution in [3.63, 3.8) is 0 Å². The lowest BCUT2D eigenvalue weighted by Gasteiger charge is -2.02. The third-order valence-electron chi connectivity index (χ3n) is 2.52. The number of benzene rings is 1. The van der Waals surface area contributed by atoms with Crippen LogP contribution in [0.5, 0.6) is 0 Å². The highest BCUT2D eigenvalue weighted by molar-refractivity contribution is 7.13. The normalized spacial score (nSPS) is 10.7. The molecule has 0 aliphatic carbocycles. The maximum absolute atomic E-state index is 13.6. The second-order valence-corrected chi connectivity index (χ2v) is 5.59. The zero-order valence-electron chi connectivity index (χ0n) is 9.47. The number of Topliss-reactive ketones (excluding diaryl/α,β-unsaturated/α-hetero) is 1. The van der Waals surface area contributed by atoms with E-state index in [1.807, 2.05) is 12.3 Å². The molecule has 1 aromatic heterocycles. The number of halogens is 3. The summed E-state index contributed by atoms with van der Waals surface area (Å²) < 4.78 is 13.6. The Morgan fingerprint density at radius 2 is 2.11 bits per heavy atom. The van der Waals surface area contributed by atoms with Crippen molar-refractivity contribution in [2.45, 2.75) is 13.3 Å². The van der Waals surface area contributed by atoms with Crippen LogP contribution in [0.1, 0.15) is 20.8 Å². The van der Waals surface area contributed by atoms with Crippen molar-refractivity contribution in [3.8, 4) is 0 Å². The summed E-state index contributed by atoms with van der Waals surface area (Å²) in [6.07, 6.45) is -0.0112. The molecule has 0 saturated carbocycles. The van der Waals surface area contributed by atoms with Crippen molar-refractivity contribution < 1.29 is 9.18 Å². The summed E-state index contributed by atoms with van der Waals surface area (Å²) in [4.78, 5) is 12.5. The number of ketones is 1. The Hall–Kier alpha value is -0.900. The molecule has 94 valence electrons. The van der Waals surface area contributed by atoms with Crippen molar-refractivity contribution in [1.29, 1.82) is 0 Å². The summed E-state index contributed by atoms with van der Waals surface area (Å²) in [5.74, 6) is -0.653. The quantitative estimate of drug-likeness (QED) is 0.735. The molecule has 18 heavy (non-hydrogen) atoms. The molecular weight excluding hydrogens is 294 g/mol. The third kappa shape index (κ3) is 2.74. The highest BCUT2D eigenvalue weighted by Crippen LogP contribution is 2.28. The van der Waals surface area contributed by atoms with Gasteiger partial charge in [-0.05, 0) is 35.6 Å². The molecule has 0 aliphatic heterocycles. The van der Waals surface area contributed by atoms with E-state index in [-0.39, 0.29) is 12.2 Å². The van der Waals surface area contributed by atoms with Gasteiger partial charge in [0.25, 0.3) is 0 Å². The van der Waals surface area contributed by atoms with E-state index in [0.29, 0.717) is 20.5 Å². The molecule has 0 unspecified atom stereocenters. The number of hydrogen-bond donors (Lipinski definition) is 0. The Morgan fingerprint density at radius 3 is 2.67 bits per heavy atom. The molecule has 0 spiro atoms. The predicted octanol–water partition coefficient (Wildman–Crippen LogP) is 4.93. The van der Waals surface area contributed by atoms with Crippen LogP contribution in [0.2, 0.25) is 10.0 Å². The first-order valence-corrected chi connectivity index (χ1v) is 6.83. The summed E-state index contributed by atoms with van der Waals surface area (Å²) in [6, 6.07) is 4.28. The maximum atomic E-state index is 13.6. The van der Waals surface area contributed by atoms with Crippen molar-refractivity contribution >= 4 is 40.3 Å². The SMILES string of the molecule is Cc1csc(C(=O)Cc2ccc(Cl)cc2F)c1Cl. The van der Waals surface area contributed by atoms with Crippen molar-refractivity contribution in [1.82, 2.24) is 0 Å². The predicted molar refractivity (Wildman–Crippen MR) is 73.5 cm³/mol. The fourth-order valence-electron chi connectivity index (χ4n) is 1.54. The number of hydrogen-bond acceptors (Lipinski definition) is 2. The Morgan fingerprint density at radius 1 is 1.39 bits per heavy atom. The summed E-state index contributed by atoms with van der Waals surface area (Å²) >= 11 is 12.9. The molecule has 0 atom stereocenters. The summed E-state index contributed by atoms with van der Waals surface area (Å²) in [7, 11) is 0. The minimum atomic E-state index is -0.472. The van der Waals surface area contributed by atoms with Crippen molar-refractivity contribution in [2.75, 3.05) is 0 Å². The number of carbonyl (C=O) groups excluding carboxylic acids is 1. The number of rotatable bonds is 3. The second kappa shape index (κ2) is 5.39. The topological polar surface area (TPSA) is 17.1 Å². The smallest absolute Gasteiger partial charge is 0.178 e. The van der Waals surface area contributed by atoms with Gasteiger partial charge in [0, 0.05) is 11.4 Å². The number of aryl methyl sites for hydroxylation is 1. The van der Waals surface area contributed by atoms with Crippen LogP contribution in [0.4, 0.5) is 4.39 Å². The minimum absolute atomic E-state index is 0.0112. The van der Waals surface area contributed by atoms with Gasteiger partial charge in [0.2, 0.25) is 0 Å². The van der Waals surface area contributed by atoms with E-state index in [1.54, 1.807) is 6.07 Å². The molecule has 2 aromatic rings. The summed E-state index contributed by atoms with van der Waals surface area (Å²) in [5, 5.41) is 2.58. The van der Waals surface area contributed by atoms with E-state index in [4.69, 9.17) is 23.2 Å². The molecule has 0 fully saturated rings. The van der Waals surface area contributed by atoms with Crippen molar-refractivity contribution in [3.05, 3.63) is 55.4 Å². The largest absolute Gasteiger partial charge is 0.293 e. The van der Waals surface area contributed by atoms with Gasteiger partial charge >= 0.3 is 0 Å². The van der Waals surface area contributed by atoms with Gasteiger partial charge in [-0.3, -0.25) is 4.79 Å². The first-order valence-electron chi connectivity index (χ1n) is 5.19. The Balaban J connectivity index is 2.24. The molecular formula is C13H9Cl2FOS. The van der Waals surface area contributed by atoms with E-state index in [0.717, 1.165) is 5.56 Å². The highest BCUT2D eigenvalue weighted by Gasteiger charge is 2.16. The Kier molecular flexibility index (Phi) is 4.05. The first kappa shape index (κ1) is 13.5. The second-order valence-electron chi connectivity index (χ2n) is 3.90. The van der Waals surface area contributed by atoms with Gasteiger partial charge in [-0.1, -0.05) is 29.3 Å². The Bertz CT molecular complexity index is 607. The first-order chi connectivity index (χ1) is 8.49. The molecule has 0 amide bonds.